The van der Waals surface area contributed by atoms with Gasteiger partial charge in [0.2, 0.25) is 10.0 Å². The van der Waals surface area contributed by atoms with E-state index in [1.54, 1.807) is 12.1 Å². The summed E-state index contributed by atoms with van der Waals surface area (Å²) in [6, 6.07) is 11.9. The van der Waals surface area contributed by atoms with Gasteiger partial charge in [0.05, 0.1) is 10.8 Å². The number of hydrogen-bond acceptors (Lipinski definition) is 7. The lowest BCUT2D eigenvalue weighted by Crippen LogP contribution is -2.41. The van der Waals surface area contributed by atoms with E-state index in [4.69, 9.17) is 14.2 Å². The lowest BCUT2D eigenvalue weighted by atomic mass is 9.98. The number of rotatable bonds is 6. The van der Waals surface area contributed by atoms with Crippen molar-refractivity contribution in [3.63, 3.8) is 0 Å². The number of hydrogen-bond donors (Lipinski definition) is 1. The Labute approximate surface area is 192 Å². The normalized spacial score (nSPS) is 16.8. The highest BCUT2D eigenvalue weighted by Gasteiger charge is 2.33. The zero-order valence-electron chi connectivity index (χ0n) is 18.3. The molecule has 0 atom stereocenters. The minimum atomic E-state index is -3.73. The summed E-state index contributed by atoms with van der Waals surface area (Å²) in [6.45, 7) is 2.69. The van der Waals surface area contributed by atoms with Crippen LogP contribution in [0, 0.1) is 12.8 Å². The van der Waals surface area contributed by atoms with Gasteiger partial charge in [-0.1, -0.05) is 12.1 Å². The molecule has 2 aromatic carbocycles. The van der Waals surface area contributed by atoms with Gasteiger partial charge >= 0.3 is 5.97 Å². The second-order valence-electron chi connectivity index (χ2n) is 8.01. The molecule has 0 spiro atoms. The molecule has 2 aromatic rings. The molecule has 9 nitrogen and oxygen atoms in total. The van der Waals surface area contributed by atoms with Gasteiger partial charge in [0, 0.05) is 24.8 Å². The van der Waals surface area contributed by atoms with Crippen LogP contribution < -0.4 is 14.8 Å². The number of esters is 1. The maximum atomic E-state index is 13.0. The monoisotopic (exact) mass is 474 g/mol. The van der Waals surface area contributed by atoms with Crippen molar-refractivity contribution in [1.29, 1.82) is 0 Å². The molecule has 0 bridgehead atoms. The highest BCUT2D eigenvalue weighted by atomic mass is 32.2. The number of carbonyl (C=O) groups is 2. The molecule has 1 amide bonds. The van der Waals surface area contributed by atoms with Crippen LogP contribution in [0.2, 0.25) is 0 Å². The number of amides is 1. The third-order valence-corrected chi connectivity index (χ3v) is 7.48. The van der Waals surface area contributed by atoms with Crippen LogP contribution in [0.15, 0.2) is 47.4 Å². The van der Waals surface area contributed by atoms with E-state index in [1.807, 2.05) is 25.1 Å². The largest absolute Gasteiger partial charge is 0.486 e. The molecule has 0 aromatic heterocycles. The maximum absolute atomic E-state index is 13.0. The first-order chi connectivity index (χ1) is 15.8. The molecule has 176 valence electrons. The molecule has 0 aliphatic carbocycles. The number of carbonyl (C=O) groups excluding carboxylic acids is 2. The fourth-order valence-electron chi connectivity index (χ4n) is 3.84. The maximum Gasteiger partial charge on any atom is 0.309 e. The summed E-state index contributed by atoms with van der Waals surface area (Å²) in [5.74, 6) is -0.445. The summed E-state index contributed by atoms with van der Waals surface area (Å²) >= 11 is 0. The second-order valence-corrected chi connectivity index (χ2v) is 9.95. The lowest BCUT2D eigenvalue weighted by Gasteiger charge is -2.30. The minimum absolute atomic E-state index is 0.126. The zero-order valence-corrected chi connectivity index (χ0v) is 19.1. The zero-order chi connectivity index (χ0) is 23.4. The van der Waals surface area contributed by atoms with Gasteiger partial charge in [-0.3, -0.25) is 9.59 Å². The van der Waals surface area contributed by atoms with Gasteiger partial charge in [-0.25, -0.2) is 8.42 Å². The second kappa shape index (κ2) is 9.80. The number of fused-ring (bicyclic) bond motifs is 1. The van der Waals surface area contributed by atoms with Gasteiger partial charge in [-0.2, -0.15) is 4.31 Å². The van der Waals surface area contributed by atoms with Crippen molar-refractivity contribution >= 4 is 27.6 Å². The molecule has 0 unspecified atom stereocenters. The number of piperidine rings is 1. The lowest BCUT2D eigenvalue weighted by molar-refractivity contribution is -0.152. The molecule has 0 radical (unpaired) electrons. The Morgan fingerprint density at radius 3 is 2.52 bits per heavy atom. The predicted molar refractivity (Wildman–Crippen MR) is 120 cm³/mol. The van der Waals surface area contributed by atoms with E-state index in [9.17, 15) is 18.0 Å². The first-order valence-corrected chi connectivity index (χ1v) is 12.2. The topological polar surface area (TPSA) is 111 Å². The van der Waals surface area contributed by atoms with Crippen molar-refractivity contribution in [1.82, 2.24) is 4.31 Å². The number of nitrogens with zero attached hydrogens (tertiary/aromatic N) is 1. The van der Waals surface area contributed by atoms with Crippen molar-refractivity contribution < 1.29 is 32.2 Å². The van der Waals surface area contributed by atoms with Gasteiger partial charge in [-0.05, 0) is 49.6 Å². The molecule has 2 aliphatic rings. The van der Waals surface area contributed by atoms with Crippen LogP contribution in [0.1, 0.15) is 18.4 Å². The number of aryl methyl sites for hydroxylation is 1. The molecule has 1 saturated heterocycles. The fourth-order valence-corrected chi connectivity index (χ4v) is 5.33. The third kappa shape index (κ3) is 5.45. The number of benzene rings is 2. The van der Waals surface area contributed by atoms with E-state index in [-0.39, 0.29) is 24.6 Å². The standard InChI is InChI=1S/C23H26N2O7S/c1-16-3-2-4-18(13-16)24-22(26)15-32-23(27)17-7-9-25(10-8-17)33(28,29)19-5-6-20-21(14-19)31-12-11-30-20/h2-6,13-14,17H,7-12,15H2,1H3,(H,24,26). The Morgan fingerprint density at radius 1 is 1.06 bits per heavy atom. The SMILES string of the molecule is Cc1cccc(NC(=O)COC(=O)C2CCN(S(=O)(=O)c3ccc4c(c3)OCCO4)CC2)c1. The van der Waals surface area contributed by atoms with Crippen LogP contribution in [0.3, 0.4) is 0 Å². The Bertz CT molecular complexity index is 1140. The van der Waals surface area contributed by atoms with Crippen molar-refractivity contribution in [2.24, 2.45) is 5.92 Å². The average molecular weight is 475 g/mol. The van der Waals surface area contributed by atoms with Gasteiger partial charge in [0.25, 0.3) is 5.91 Å². The third-order valence-electron chi connectivity index (χ3n) is 5.59. The quantitative estimate of drug-likeness (QED) is 0.640. The van der Waals surface area contributed by atoms with Crippen LogP contribution in [0.25, 0.3) is 0 Å². The Balaban J connectivity index is 1.28. The van der Waals surface area contributed by atoms with E-state index in [0.29, 0.717) is 43.2 Å². The minimum Gasteiger partial charge on any atom is -0.486 e. The highest BCUT2D eigenvalue weighted by Crippen LogP contribution is 2.34. The van der Waals surface area contributed by atoms with Gasteiger partial charge in [-0.15, -0.1) is 0 Å². The van der Waals surface area contributed by atoms with E-state index in [2.05, 4.69) is 5.32 Å². The van der Waals surface area contributed by atoms with Crippen LogP contribution in [0.5, 0.6) is 11.5 Å². The van der Waals surface area contributed by atoms with E-state index in [1.165, 1.54) is 16.4 Å². The summed E-state index contributed by atoms with van der Waals surface area (Å²) in [5.41, 5.74) is 1.64. The van der Waals surface area contributed by atoms with Crippen molar-refractivity contribution in [2.75, 3.05) is 38.2 Å². The summed E-state index contributed by atoms with van der Waals surface area (Å²) in [5, 5.41) is 2.68. The Hall–Kier alpha value is -3.11. The molecular formula is C23H26N2O7S. The van der Waals surface area contributed by atoms with Gasteiger partial charge < -0.3 is 19.5 Å². The molecule has 4 rings (SSSR count). The van der Waals surface area contributed by atoms with Crippen molar-refractivity contribution in [3.8, 4) is 11.5 Å². The molecule has 1 fully saturated rings. The Kier molecular flexibility index (Phi) is 6.85. The van der Waals surface area contributed by atoms with Crippen molar-refractivity contribution in [2.45, 2.75) is 24.7 Å². The first kappa shape index (κ1) is 23.1. The smallest absolute Gasteiger partial charge is 0.309 e. The number of anilines is 1. The highest BCUT2D eigenvalue weighted by molar-refractivity contribution is 7.89. The average Bonchev–Trinajstić information content (AvgIpc) is 2.82. The van der Waals surface area contributed by atoms with E-state index in [0.717, 1.165) is 5.56 Å². The summed E-state index contributed by atoms with van der Waals surface area (Å²) in [7, 11) is -3.73. The molecule has 33 heavy (non-hydrogen) atoms. The number of ether oxygens (including phenoxy) is 3. The van der Waals surface area contributed by atoms with E-state index < -0.39 is 27.8 Å². The predicted octanol–water partition coefficient (Wildman–Crippen LogP) is 2.35. The van der Waals surface area contributed by atoms with Gasteiger partial charge in [0.15, 0.2) is 18.1 Å². The van der Waals surface area contributed by atoms with Crippen LogP contribution >= 0.6 is 0 Å². The Morgan fingerprint density at radius 2 is 1.79 bits per heavy atom. The molecular weight excluding hydrogens is 448 g/mol. The fraction of sp³-hybridized carbons (Fsp3) is 0.391. The summed E-state index contributed by atoms with van der Waals surface area (Å²) < 4.78 is 43.5. The van der Waals surface area contributed by atoms with Crippen LogP contribution in [0.4, 0.5) is 5.69 Å². The van der Waals surface area contributed by atoms with Gasteiger partial charge in [0.1, 0.15) is 13.2 Å². The van der Waals surface area contributed by atoms with Crippen molar-refractivity contribution in [3.05, 3.63) is 48.0 Å². The number of nitrogens with one attached hydrogen (secondary N) is 1. The van der Waals surface area contributed by atoms with Crippen LogP contribution in [-0.4, -0.2) is 57.5 Å². The molecule has 10 heteroatoms. The molecule has 2 aliphatic heterocycles. The summed E-state index contributed by atoms with van der Waals surface area (Å²) in [4.78, 5) is 24.6. The molecule has 2 heterocycles. The molecule has 1 N–H and O–H groups in total. The molecule has 0 saturated carbocycles. The number of sulfonamides is 1. The van der Waals surface area contributed by atoms with Crippen LogP contribution in [-0.2, 0) is 24.3 Å². The summed E-state index contributed by atoms with van der Waals surface area (Å²) in [6.07, 6.45) is 0.643. The first-order valence-electron chi connectivity index (χ1n) is 10.8. The van der Waals surface area contributed by atoms with E-state index >= 15 is 0 Å².